The molecule has 0 spiro atoms. The van der Waals surface area contributed by atoms with Gasteiger partial charge in [0.1, 0.15) is 10.8 Å². The summed E-state index contributed by atoms with van der Waals surface area (Å²) in [5.41, 5.74) is 2.19. The van der Waals surface area contributed by atoms with E-state index in [-0.39, 0.29) is 17.8 Å². The molecule has 1 amide bonds. The van der Waals surface area contributed by atoms with Crippen molar-refractivity contribution in [3.8, 4) is 16.5 Å². The number of fused-ring (bicyclic) bond motifs is 2. The van der Waals surface area contributed by atoms with Gasteiger partial charge in [-0.05, 0) is 43.5 Å². The minimum absolute atomic E-state index is 0.138. The van der Waals surface area contributed by atoms with Crippen LogP contribution >= 0.6 is 11.3 Å². The SMILES string of the molecule is O=C(N[C@H]1CCCc2sc(-c3ccc(F)cc3)nc21)c1cc2n(n1)CCCO2. The van der Waals surface area contributed by atoms with Crippen molar-refractivity contribution in [3.05, 3.63) is 52.4 Å². The summed E-state index contributed by atoms with van der Waals surface area (Å²) in [5.74, 6) is 0.176. The molecule has 0 saturated heterocycles. The predicted octanol–water partition coefficient (Wildman–Crippen LogP) is 3.74. The number of hydrogen-bond donors (Lipinski definition) is 1. The number of thiazole rings is 1. The molecular formula is C20H19FN4O2S. The van der Waals surface area contributed by atoms with E-state index in [9.17, 15) is 9.18 Å². The van der Waals surface area contributed by atoms with Gasteiger partial charge in [-0.2, -0.15) is 5.10 Å². The molecule has 2 aromatic heterocycles. The minimum Gasteiger partial charge on any atom is -0.478 e. The highest BCUT2D eigenvalue weighted by Gasteiger charge is 2.28. The molecule has 1 aliphatic heterocycles. The van der Waals surface area contributed by atoms with Gasteiger partial charge in [-0.25, -0.2) is 14.1 Å². The molecular weight excluding hydrogens is 379 g/mol. The molecule has 1 N–H and O–H groups in total. The van der Waals surface area contributed by atoms with Crippen molar-refractivity contribution in [2.24, 2.45) is 0 Å². The number of carbonyl (C=O) groups is 1. The normalized spacial score (nSPS) is 18.1. The van der Waals surface area contributed by atoms with Crippen LogP contribution in [0.3, 0.4) is 0 Å². The van der Waals surface area contributed by atoms with Crippen LogP contribution in [0, 0.1) is 5.82 Å². The van der Waals surface area contributed by atoms with Gasteiger partial charge in [-0.15, -0.1) is 11.3 Å². The fraction of sp³-hybridized carbons (Fsp3) is 0.350. The van der Waals surface area contributed by atoms with E-state index in [1.54, 1.807) is 34.2 Å². The maximum atomic E-state index is 13.2. The van der Waals surface area contributed by atoms with Gasteiger partial charge >= 0.3 is 0 Å². The number of carbonyl (C=O) groups excluding carboxylic acids is 1. The maximum Gasteiger partial charge on any atom is 0.272 e. The molecule has 144 valence electrons. The molecule has 1 aliphatic carbocycles. The summed E-state index contributed by atoms with van der Waals surface area (Å²) in [4.78, 5) is 18.7. The van der Waals surface area contributed by atoms with Crippen LogP contribution in [0.2, 0.25) is 0 Å². The number of aryl methyl sites for hydroxylation is 2. The van der Waals surface area contributed by atoms with Crippen LogP contribution in [0.1, 0.15) is 46.4 Å². The minimum atomic E-state index is -0.262. The molecule has 0 bridgehead atoms. The zero-order chi connectivity index (χ0) is 19.1. The highest BCUT2D eigenvalue weighted by molar-refractivity contribution is 7.15. The molecule has 8 heteroatoms. The Labute approximate surface area is 165 Å². The number of nitrogens with zero attached hydrogens (tertiary/aromatic N) is 3. The highest BCUT2D eigenvalue weighted by Crippen LogP contribution is 2.37. The third-order valence-corrected chi connectivity index (χ3v) is 6.27. The molecule has 0 unspecified atom stereocenters. The fourth-order valence-electron chi connectivity index (χ4n) is 3.69. The Bertz CT molecular complexity index is 1000. The van der Waals surface area contributed by atoms with Gasteiger partial charge in [0, 0.05) is 29.5 Å². The van der Waals surface area contributed by atoms with Gasteiger partial charge in [-0.1, -0.05) is 0 Å². The summed E-state index contributed by atoms with van der Waals surface area (Å²) in [6.07, 6.45) is 3.68. The van der Waals surface area contributed by atoms with Gasteiger partial charge in [0.15, 0.2) is 5.69 Å². The number of rotatable bonds is 3. The third kappa shape index (κ3) is 3.17. The summed E-state index contributed by atoms with van der Waals surface area (Å²) in [6.45, 7) is 1.42. The molecule has 1 atom stereocenters. The Morgan fingerprint density at radius 2 is 2.14 bits per heavy atom. The van der Waals surface area contributed by atoms with E-state index in [2.05, 4.69) is 10.4 Å². The summed E-state index contributed by atoms with van der Waals surface area (Å²) in [5, 5.41) is 8.31. The van der Waals surface area contributed by atoms with Crippen molar-refractivity contribution >= 4 is 17.2 Å². The van der Waals surface area contributed by atoms with Crippen molar-refractivity contribution in [1.29, 1.82) is 0 Å². The molecule has 0 saturated carbocycles. The lowest BCUT2D eigenvalue weighted by atomic mass is 9.97. The quantitative estimate of drug-likeness (QED) is 0.730. The first kappa shape index (κ1) is 17.4. The molecule has 3 aromatic rings. The molecule has 28 heavy (non-hydrogen) atoms. The van der Waals surface area contributed by atoms with Gasteiger partial charge in [0.25, 0.3) is 5.91 Å². The molecule has 0 fully saturated rings. The van der Waals surface area contributed by atoms with E-state index in [4.69, 9.17) is 9.72 Å². The standard InChI is InChI=1S/C20H19FN4O2S/c21-13-7-5-12(6-8-13)20-23-18-14(3-1-4-16(18)28-20)22-19(26)15-11-17-25(24-15)9-2-10-27-17/h5-8,11,14H,1-4,9-10H2,(H,22,26)/t14-/m0/s1. The van der Waals surface area contributed by atoms with Crippen LogP contribution in [-0.2, 0) is 13.0 Å². The molecule has 5 rings (SSSR count). The number of ether oxygens (including phenoxy) is 1. The van der Waals surface area contributed by atoms with Crippen LogP contribution in [-0.4, -0.2) is 27.3 Å². The van der Waals surface area contributed by atoms with Crippen LogP contribution in [0.5, 0.6) is 5.88 Å². The number of amides is 1. The topological polar surface area (TPSA) is 69.0 Å². The summed E-state index contributed by atoms with van der Waals surface area (Å²) < 4.78 is 20.5. The molecule has 3 heterocycles. The Morgan fingerprint density at radius 1 is 1.29 bits per heavy atom. The first-order chi connectivity index (χ1) is 13.7. The molecule has 0 radical (unpaired) electrons. The number of hydrogen-bond acceptors (Lipinski definition) is 5. The molecule has 2 aliphatic rings. The van der Waals surface area contributed by atoms with Crippen molar-refractivity contribution in [3.63, 3.8) is 0 Å². The van der Waals surface area contributed by atoms with Gasteiger partial charge in [0.2, 0.25) is 5.88 Å². The highest BCUT2D eigenvalue weighted by atomic mass is 32.1. The van der Waals surface area contributed by atoms with E-state index in [0.717, 1.165) is 48.5 Å². The second-order valence-corrected chi connectivity index (χ2v) is 8.13. The first-order valence-corrected chi connectivity index (χ1v) is 10.3. The molecule has 1 aromatic carbocycles. The number of halogens is 1. The maximum absolute atomic E-state index is 13.2. The van der Waals surface area contributed by atoms with E-state index >= 15 is 0 Å². The average Bonchev–Trinajstić information content (AvgIpc) is 3.33. The van der Waals surface area contributed by atoms with Crippen LogP contribution in [0.25, 0.3) is 10.6 Å². The second-order valence-electron chi connectivity index (χ2n) is 7.05. The zero-order valence-corrected chi connectivity index (χ0v) is 16.0. The lowest BCUT2D eigenvalue weighted by Gasteiger charge is -2.21. The summed E-state index contributed by atoms with van der Waals surface area (Å²) in [6, 6.07) is 7.92. The van der Waals surface area contributed by atoms with Crippen LogP contribution in [0.4, 0.5) is 4.39 Å². The van der Waals surface area contributed by atoms with E-state index < -0.39 is 0 Å². The average molecular weight is 398 g/mol. The number of aromatic nitrogens is 3. The largest absolute Gasteiger partial charge is 0.478 e. The smallest absolute Gasteiger partial charge is 0.272 e. The van der Waals surface area contributed by atoms with Crippen molar-refractivity contribution < 1.29 is 13.9 Å². The monoisotopic (exact) mass is 398 g/mol. The lowest BCUT2D eigenvalue weighted by Crippen LogP contribution is -2.31. The Morgan fingerprint density at radius 3 is 2.96 bits per heavy atom. The Kier molecular flexibility index (Phi) is 4.35. The fourth-order valence-corrected chi connectivity index (χ4v) is 4.86. The molecule has 6 nitrogen and oxygen atoms in total. The van der Waals surface area contributed by atoms with Crippen molar-refractivity contribution in [2.45, 2.75) is 38.3 Å². The Hall–Kier alpha value is -2.74. The zero-order valence-electron chi connectivity index (χ0n) is 15.2. The van der Waals surface area contributed by atoms with Crippen LogP contribution < -0.4 is 10.1 Å². The number of nitrogens with one attached hydrogen (secondary N) is 1. The van der Waals surface area contributed by atoms with E-state index in [0.29, 0.717) is 18.2 Å². The van der Waals surface area contributed by atoms with Gasteiger partial charge in [-0.3, -0.25) is 4.79 Å². The van der Waals surface area contributed by atoms with Gasteiger partial charge in [0.05, 0.1) is 18.3 Å². The van der Waals surface area contributed by atoms with Gasteiger partial charge < -0.3 is 10.1 Å². The Balaban J connectivity index is 1.38. The van der Waals surface area contributed by atoms with Crippen molar-refractivity contribution in [2.75, 3.05) is 6.61 Å². The lowest BCUT2D eigenvalue weighted by molar-refractivity contribution is 0.0926. The summed E-state index contributed by atoms with van der Waals surface area (Å²) in [7, 11) is 0. The number of benzene rings is 1. The second kappa shape index (κ2) is 7.01. The first-order valence-electron chi connectivity index (χ1n) is 9.44. The van der Waals surface area contributed by atoms with E-state index in [1.165, 1.54) is 17.0 Å². The van der Waals surface area contributed by atoms with E-state index in [1.807, 2.05) is 0 Å². The third-order valence-electron chi connectivity index (χ3n) is 5.09. The van der Waals surface area contributed by atoms with Crippen LogP contribution in [0.15, 0.2) is 30.3 Å². The predicted molar refractivity (Wildman–Crippen MR) is 103 cm³/mol. The van der Waals surface area contributed by atoms with Crippen molar-refractivity contribution in [1.82, 2.24) is 20.1 Å². The summed E-state index contributed by atoms with van der Waals surface area (Å²) >= 11 is 1.62.